The van der Waals surface area contributed by atoms with Gasteiger partial charge in [-0.15, -0.1) is 13.2 Å². The molecule has 0 unspecified atom stereocenters. The molecular weight excluding hydrogens is 421 g/mol. The van der Waals surface area contributed by atoms with Gasteiger partial charge in [-0.1, -0.05) is 30.3 Å². The third-order valence-corrected chi connectivity index (χ3v) is 4.48. The average molecular weight is 447 g/mol. The van der Waals surface area contributed by atoms with Crippen molar-refractivity contribution in [2.75, 3.05) is 27.3 Å². The van der Waals surface area contributed by atoms with E-state index in [4.69, 9.17) is 9.47 Å². The van der Waals surface area contributed by atoms with Crippen LogP contribution in [-0.4, -0.2) is 44.8 Å². The average Bonchev–Trinajstić information content (AvgIpc) is 2.72. The van der Waals surface area contributed by atoms with E-state index >= 15 is 0 Å². The van der Waals surface area contributed by atoms with Crippen LogP contribution in [0.1, 0.15) is 24.0 Å². The van der Waals surface area contributed by atoms with Crippen LogP contribution >= 0.6 is 0 Å². The van der Waals surface area contributed by atoms with Crippen molar-refractivity contribution in [3.63, 3.8) is 0 Å². The molecule has 0 aromatic heterocycles. The van der Waals surface area contributed by atoms with E-state index < -0.39 is 26.3 Å². The molecule has 0 aliphatic rings. The van der Waals surface area contributed by atoms with Crippen LogP contribution in [0.15, 0.2) is 48.5 Å². The van der Waals surface area contributed by atoms with E-state index in [0.717, 1.165) is 5.56 Å². The Morgan fingerprint density at radius 1 is 1.00 bits per heavy atom. The molecule has 0 amide bonds. The van der Waals surface area contributed by atoms with Crippen LogP contribution in [0.4, 0.5) is 22.0 Å². The lowest BCUT2D eigenvalue weighted by Gasteiger charge is -2.21. The molecule has 0 spiro atoms. The summed E-state index contributed by atoms with van der Waals surface area (Å²) in [6.07, 6.45) is -3.71. The Kier molecular flexibility index (Phi) is 10.00. The number of alkyl halides is 5. The minimum absolute atomic E-state index is 0.274. The van der Waals surface area contributed by atoms with Crippen molar-refractivity contribution in [2.24, 2.45) is 0 Å². The van der Waals surface area contributed by atoms with Crippen LogP contribution in [-0.2, 0) is 17.6 Å². The number of ether oxygens (including phenoxy) is 3. The Balaban J connectivity index is 2.00. The molecule has 9 heteroatoms. The van der Waals surface area contributed by atoms with Crippen molar-refractivity contribution in [1.82, 2.24) is 4.90 Å². The van der Waals surface area contributed by atoms with Gasteiger partial charge >= 0.3 is 6.36 Å². The first-order chi connectivity index (χ1) is 14.8. The Bertz CT molecular complexity index is 788. The molecule has 2 rings (SSSR count). The minimum Gasteiger partial charge on any atom is -0.465 e. The van der Waals surface area contributed by atoms with Gasteiger partial charge in [-0.3, -0.25) is 4.90 Å². The smallest absolute Gasteiger partial charge is 0.465 e. The topological polar surface area (TPSA) is 30.9 Å². The van der Waals surface area contributed by atoms with Crippen LogP contribution in [0.25, 0.3) is 0 Å². The van der Waals surface area contributed by atoms with Crippen LogP contribution < -0.4 is 9.47 Å². The van der Waals surface area contributed by atoms with Crippen LogP contribution in [0.5, 0.6) is 11.5 Å². The van der Waals surface area contributed by atoms with Crippen LogP contribution in [0.2, 0.25) is 0 Å². The molecule has 0 radical (unpaired) electrons. The predicted octanol–water partition coefficient (Wildman–Crippen LogP) is 5.66. The van der Waals surface area contributed by atoms with Gasteiger partial charge in [0.05, 0.1) is 0 Å². The highest BCUT2D eigenvalue weighted by Crippen LogP contribution is 2.26. The highest BCUT2D eigenvalue weighted by molar-refractivity contribution is 5.35. The zero-order valence-corrected chi connectivity index (χ0v) is 17.2. The van der Waals surface area contributed by atoms with Gasteiger partial charge in [0, 0.05) is 13.0 Å². The highest BCUT2D eigenvalue weighted by atomic mass is 19.4. The van der Waals surface area contributed by atoms with Crippen molar-refractivity contribution in [3.8, 4) is 11.5 Å². The van der Waals surface area contributed by atoms with Gasteiger partial charge in [-0.25, -0.2) is 8.78 Å². The first-order valence-corrected chi connectivity index (χ1v) is 9.82. The van der Waals surface area contributed by atoms with E-state index in [2.05, 4.69) is 4.74 Å². The van der Waals surface area contributed by atoms with Crippen LogP contribution in [0, 0.1) is 0 Å². The fourth-order valence-corrected chi connectivity index (χ4v) is 2.98. The molecule has 0 aliphatic heterocycles. The largest absolute Gasteiger partial charge is 0.573 e. The summed E-state index contributed by atoms with van der Waals surface area (Å²) in [4.78, 5) is 1.48. The number of halogens is 5. The Hall–Kier alpha value is -2.39. The first kappa shape index (κ1) is 24.9. The number of para-hydroxylation sites is 1. The SMILES string of the molecule is CN(CF)CCC[C@@H](OCF)Oc1ccccc1CCc1cccc(OC(F)(F)F)c1. The molecule has 172 valence electrons. The fourth-order valence-electron chi connectivity index (χ4n) is 2.98. The number of rotatable bonds is 13. The molecule has 31 heavy (non-hydrogen) atoms. The summed E-state index contributed by atoms with van der Waals surface area (Å²) in [7, 11) is 1.63. The predicted molar refractivity (Wildman–Crippen MR) is 106 cm³/mol. The zero-order chi connectivity index (χ0) is 22.7. The Labute approximate surface area is 178 Å². The fraction of sp³-hybridized carbons (Fsp3) is 0.455. The van der Waals surface area contributed by atoms with Crippen molar-refractivity contribution >= 4 is 0 Å². The van der Waals surface area contributed by atoms with E-state index in [9.17, 15) is 22.0 Å². The van der Waals surface area contributed by atoms with Gasteiger partial charge in [0.2, 0.25) is 6.29 Å². The second kappa shape index (κ2) is 12.5. The maximum Gasteiger partial charge on any atom is 0.573 e. The zero-order valence-electron chi connectivity index (χ0n) is 17.2. The molecule has 2 aromatic carbocycles. The lowest BCUT2D eigenvalue weighted by atomic mass is 10.0. The Morgan fingerprint density at radius 2 is 1.77 bits per heavy atom. The second-order valence-corrected chi connectivity index (χ2v) is 6.97. The lowest BCUT2D eigenvalue weighted by molar-refractivity contribution is -0.274. The van der Waals surface area contributed by atoms with Crippen molar-refractivity contribution in [3.05, 3.63) is 59.7 Å². The van der Waals surface area contributed by atoms with Crippen molar-refractivity contribution < 1.29 is 36.2 Å². The normalized spacial score (nSPS) is 12.7. The first-order valence-electron chi connectivity index (χ1n) is 9.82. The summed E-state index contributed by atoms with van der Waals surface area (Å²) in [5, 5.41) is 0. The number of aryl methyl sites for hydroxylation is 2. The molecule has 0 bridgehead atoms. The molecule has 0 saturated carbocycles. The lowest BCUT2D eigenvalue weighted by Crippen LogP contribution is -2.24. The van der Waals surface area contributed by atoms with Gasteiger partial charge in [-0.05, 0) is 55.6 Å². The molecule has 0 aliphatic carbocycles. The molecule has 0 fully saturated rings. The summed E-state index contributed by atoms with van der Waals surface area (Å²) in [6, 6.07) is 12.9. The van der Waals surface area contributed by atoms with E-state index in [1.807, 2.05) is 12.1 Å². The standard InChI is InChI=1S/C22H26F5NO3/c1-28(15-23)13-5-10-21(29-16-24)30-20-9-3-2-7-18(20)12-11-17-6-4-8-19(14-17)31-22(25,26)27/h2-4,6-9,14,21H,5,10-13,15-16H2,1H3/t21-/m0/s1. The molecule has 0 N–H and O–H groups in total. The van der Waals surface area contributed by atoms with Gasteiger partial charge in [0.25, 0.3) is 0 Å². The van der Waals surface area contributed by atoms with E-state index in [1.165, 1.54) is 23.1 Å². The second-order valence-electron chi connectivity index (χ2n) is 6.97. The highest BCUT2D eigenvalue weighted by Gasteiger charge is 2.31. The third-order valence-electron chi connectivity index (χ3n) is 4.48. The summed E-state index contributed by atoms with van der Waals surface area (Å²) in [6.45, 7) is -1.12. The molecule has 2 aromatic rings. The third kappa shape index (κ3) is 9.52. The van der Waals surface area contributed by atoms with Gasteiger partial charge in [0.15, 0.2) is 6.86 Å². The number of hydrogen-bond donors (Lipinski definition) is 0. The monoisotopic (exact) mass is 447 g/mol. The number of nitrogens with zero attached hydrogens (tertiary/aromatic N) is 1. The quantitative estimate of drug-likeness (QED) is 0.225. The van der Waals surface area contributed by atoms with Crippen LogP contribution in [0.3, 0.4) is 0 Å². The van der Waals surface area contributed by atoms with Gasteiger partial charge < -0.3 is 14.2 Å². The van der Waals surface area contributed by atoms with Gasteiger partial charge in [0.1, 0.15) is 18.3 Å². The molecule has 4 nitrogen and oxygen atoms in total. The Morgan fingerprint density at radius 3 is 2.48 bits per heavy atom. The summed E-state index contributed by atoms with van der Waals surface area (Å²) in [5.74, 6) is 0.228. The van der Waals surface area contributed by atoms with E-state index in [-0.39, 0.29) is 5.75 Å². The molecule has 0 saturated heterocycles. The number of hydrogen-bond acceptors (Lipinski definition) is 4. The molecular formula is C22H26F5NO3. The van der Waals surface area contributed by atoms with Gasteiger partial charge in [-0.2, -0.15) is 0 Å². The maximum absolute atomic E-state index is 12.8. The van der Waals surface area contributed by atoms with E-state index in [1.54, 1.807) is 25.2 Å². The molecule has 1 atom stereocenters. The van der Waals surface area contributed by atoms with E-state index in [0.29, 0.717) is 43.5 Å². The summed E-state index contributed by atoms with van der Waals surface area (Å²) >= 11 is 0. The molecule has 0 heterocycles. The summed E-state index contributed by atoms with van der Waals surface area (Å²) in [5.41, 5.74) is 1.47. The van der Waals surface area contributed by atoms with Crippen molar-refractivity contribution in [1.29, 1.82) is 0 Å². The minimum atomic E-state index is -4.75. The number of benzene rings is 2. The maximum atomic E-state index is 12.8. The summed E-state index contributed by atoms with van der Waals surface area (Å²) < 4.78 is 77.3. The van der Waals surface area contributed by atoms with Crippen molar-refractivity contribution in [2.45, 2.75) is 38.3 Å².